The monoisotopic (exact) mass is 569 g/mol. The summed E-state index contributed by atoms with van der Waals surface area (Å²) in [5.74, 6) is 0. The molecule has 0 atom stereocenters. The van der Waals surface area contributed by atoms with Crippen LogP contribution in [0.2, 0.25) is 0 Å². The van der Waals surface area contributed by atoms with Crippen molar-refractivity contribution in [2.45, 2.75) is 0 Å². The van der Waals surface area contributed by atoms with Gasteiger partial charge in [-0.05, 0) is 63.3 Å². The third-order valence-corrected chi connectivity index (χ3v) is 10.5. The number of para-hydroxylation sites is 4. The number of fused-ring (bicyclic) bond motifs is 17. The number of aromatic nitrogens is 3. The van der Waals surface area contributed by atoms with E-state index in [1.54, 1.807) is 0 Å². The fourth-order valence-corrected chi connectivity index (χ4v) is 8.87. The molecule has 0 saturated carbocycles. The summed E-state index contributed by atoms with van der Waals surface area (Å²) in [6, 6.07) is 51.9. The van der Waals surface area contributed by atoms with E-state index in [0.717, 1.165) is 0 Å². The Morgan fingerprint density at radius 3 is 1.47 bits per heavy atom. The molecular weight excluding hydrogens is 546 g/mol. The Labute approximate surface area is 256 Å². The third-order valence-electron chi connectivity index (χ3n) is 10.5. The molecule has 0 unspecified atom stereocenters. The van der Waals surface area contributed by atoms with Crippen LogP contribution in [0.15, 0.2) is 140 Å². The molecule has 0 amide bonds. The second-order valence-electron chi connectivity index (χ2n) is 12.5. The molecule has 3 nitrogen and oxygen atoms in total. The van der Waals surface area contributed by atoms with E-state index in [-0.39, 0.29) is 0 Å². The van der Waals surface area contributed by atoms with E-state index in [9.17, 15) is 0 Å². The van der Waals surface area contributed by atoms with Crippen LogP contribution in [-0.4, -0.2) is 13.4 Å². The number of benzene rings is 8. The van der Waals surface area contributed by atoms with Crippen LogP contribution in [-0.2, 0) is 0 Å². The molecule has 8 aromatic carbocycles. The largest absolute Gasteiger partial charge is 0.305 e. The van der Waals surface area contributed by atoms with Crippen molar-refractivity contribution in [2.24, 2.45) is 0 Å². The maximum atomic E-state index is 2.54. The average Bonchev–Trinajstić information content (AvgIpc) is 3.63. The lowest BCUT2D eigenvalue weighted by Gasteiger charge is -2.24. The van der Waals surface area contributed by atoms with Crippen LogP contribution < -0.4 is 0 Å². The maximum absolute atomic E-state index is 2.54. The second-order valence-corrected chi connectivity index (χ2v) is 12.5. The molecule has 0 N–H and O–H groups in total. The minimum absolute atomic E-state index is 1.22. The SMILES string of the molecule is c1ccc2c(c1)c1ccccc1c1c2ccc2c1c1cccc3c1n2c1cccc2c1-n3c1cccc3c4ccccc4n2c31. The molecule has 0 fully saturated rings. The van der Waals surface area contributed by atoms with Crippen molar-refractivity contribution in [3.8, 4) is 5.69 Å². The highest BCUT2D eigenvalue weighted by Crippen LogP contribution is 2.47. The third kappa shape index (κ3) is 2.43. The first-order valence-electron chi connectivity index (χ1n) is 15.6. The lowest BCUT2D eigenvalue weighted by atomic mass is 9.92. The summed E-state index contributed by atoms with van der Waals surface area (Å²) >= 11 is 0. The molecule has 0 bridgehead atoms. The smallest absolute Gasteiger partial charge is 0.0947 e. The van der Waals surface area contributed by atoms with E-state index >= 15 is 0 Å². The van der Waals surface area contributed by atoms with Gasteiger partial charge < -0.3 is 13.4 Å². The summed E-state index contributed by atoms with van der Waals surface area (Å²) in [7, 11) is 0. The molecule has 0 radical (unpaired) electrons. The summed E-state index contributed by atoms with van der Waals surface area (Å²) in [5.41, 5.74) is 11.2. The standard InChI is InChI=1S/C42H23N3/c1-2-12-26-24(10-1)25-11-3-4-14-28(25)38-29(26)22-23-33-39(38)31-16-8-19-35-41(31)44(33)37-21-9-20-36-42(37)45(35)34-18-7-15-30-27-13-5-6-17-32(27)43(36)40(30)34/h1-23H. The molecule has 4 heterocycles. The molecule has 10 aromatic rings. The topological polar surface area (TPSA) is 13.8 Å². The van der Waals surface area contributed by atoms with E-state index in [4.69, 9.17) is 0 Å². The Hall–Kier alpha value is -6.06. The van der Waals surface area contributed by atoms with Crippen LogP contribution in [0.3, 0.4) is 0 Å². The number of nitrogens with zero attached hydrogens (tertiary/aromatic N) is 3. The first kappa shape index (κ1) is 22.5. The van der Waals surface area contributed by atoms with Gasteiger partial charge in [-0.25, -0.2) is 0 Å². The van der Waals surface area contributed by atoms with Crippen LogP contribution in [0, 0.1) is 0 Å². The van der Waals surface area contributed by atoms with Crippen molar-refractivity contribution in [1.29, 1.82) is 0 Å². The van der Waals surface area contributed by atoms with Gasteiger partial charge in [-0.2, -0.15) is 0 Å². The molecular formula is C42H23N3. The zero-order valence-electron chi connectivity index (χ0n) is 24.1. The first-order chi connectivity index (χ1) is 22.4. The van der Waals surface area contributed by atoms with Gasteiger partial charge in [-0.3, -0.25) is 0 Å². The van der Waals surface area contributed by atoms with Gasteiger partial charge in [-0.1, -0.05) is 103 Å². The fourth-order valence-electron chi connectivity index (χ4n) is 8.87. The quantitative estimate of drug-likeness (QED) is 0.127. The van der Waals surface area contributed by atoms with Gasteiger partial charge in [0.15, 0.2) is 0 Å². The van der Waals surface area contributed by atoms with E-state index in [1.165, 1.54) is 104 Å². The highest BCUT2D eigenvalue weighted by atomic mass is 15.1. The van der Waals surface area contributed by atoms with Gasteiger partial charge in [0, 0.05) is 26.9 Å². The number of hydrogen-bond donors (Lipinski definition) is 0. The van der Waals surface area contributed by atoms with Gasteiger partial charge in [0.25, 0.3) is 0 Å². The normalized spacial score (nSPS) is 12.9. The predicted molar refractivity (Wildman–Crippen MR) is 190 cm³/mol. The summed E-state index contributed by atoms with van der Waals surface area (Å²) < 4.78 is 7.56. The Bertz CT molecular complexity index is 3170. The van der Waals surface area contributed by atoms with Crippen LogP contribution >= 0.6 is 0 Å². The van der Waals surface area contributed by atoms with Crippen molar-refractivity contribution >= 4 is 98.0 Å². The van der Waals surface area contributed by atoms with Crippen molar-refractivity contribution in [3.05, 3.63) is 140 Å². The van der Waals surface area contributed by atoms with Gasteiger partial charge >= 0.3 is 0 Å². The van der Waals surface area contributed by atoms with Crippen molar-refractivity contribution in [2.75, 3.05) is 0 Å². The molecule has 2 aliphatic rings. The maximum Gasteiger partial charge on any atom is 0.0947 e. The first-order valence-corrected chi connectivity index (χ1v) is 15.6. The molecule has 0 aliphatic carbocycles. The number of rotatable bonds is 0. The Morgan fingerprint density at radius 2 is 0.733 bits per heavy atom. The molecule has 45 heavy (non-hydrogen) atoms. The zero-order valence-corrected chi connectivity index (χ0v) is 24.1. The highest BCUT2D eigenvalue weighted by Gasteiger charge is 2.26. The van der Waals surface area contributed by atoms with E-state index in [2.05, 4.69) is 153 Å². The zero-order chi connectivity index (χ0) is 29.0. The Balaban J connectivity index is 1.44. The molecule has 206 valence electrons. The fraction of sp³-hybridized carbons (Fsp3) is 0. The van der Waals surface area contributed by atoms with Crippen LogP contribution in [0.4, 0.5) is 0 Å². The summed E-state index contributed by atoms with van der Waals surface area (Å²) in [5, 5.41) is 13.1. The minimum atomic E-state index is 1.22. The van der Waals surface area contributed by atoms with E-state index < -0.39 is 0 Å². The lowest BCUT2D eigenvalue weighted by Crippen LogP contribution is -2.10. The van der Waals surface area contributed by atoms with Gasteiger partial charge in [-0.15, -0.1) is 0 Å². The summed E-state index contributed by atoms with van der Waals surface area (Å²) in [6.45, 7) is 0. The highest BCUT2D eigenvalue weighted by molar-refractivity contribution is 6.36. The minimum Gasteiger partial charge on any atom is -0.305 e. The van der Waals surface area contributed by atoms with Gasteiger partial charge in [0.2, 0.25) is 0 Å². The van der Waals surface area contributed by atoms with Gasteiger partial charge in [0.05, 0.1) is 49.8 Å². The Morgan fingerprint density at radius 1 is 0.267 bits per heavy atom. The molecule has 2 aromatic heterocycles. The van der Waals surface area contributed by atoms with E-state index in [1.807, 2.05) is 0 Å². The van der Waals surface area contributed by atoms with Crippen molar-refractivity contribution in [1.82, 2.24) is 13.4 Å². The molecule has 0 spiro atoms. The summed E-state index contributed by atoms with van der Waals surface area (Å²) in [6.07, 6.45) is 0. The lowest BCUT2D eigenvalue weighted by molar-refractivity contribution is 1.10. The second kappa shape index (κ2) is 7.53. The van der Waals surface area contributed by atoms with Crippen molar-refractivity contribution in [3.63, 3.8) is 0 Å². The van der Waals surface area contributed by atoms with Crippen LogP contribution in [0.25, 0.3) is 104 Å². The Kier molecular flexibility index (Phi) is 3.76. The van der Waals surface area contributed by atoms with Gasteiger partial charge in [0.1, 0.15) is 0 Å². The predicted octanol–water partition coefficient (Wildman–Crippen LogP) is 11.1. The summed E-state index contributed by atoms with van der Waals surface area (Å²) in [4.78, 5) is 0. The van der Waals surface area contributed by atoms with Crippen molar-refractivity contribution < 1.29 is 0 Å². The molecule has 2 aliphatic heterocycles. The van der Waals surface area contributed by atoms with E-state index in [0.29, 0.717) is 0 Å². The van der Waals surface area contributed by atoms with Crippen LogP contribution in [0.5, 0.6) is 0 Å². The number of hydrogen-bond acceptors (Lipinski definition) is 0. The molecule has 12 rings (SSSR count). The molecule has 0 saturated heterocycles. The molecule has 3 heteroatoms. The average molecular weight is 570 g/mol. The van der Waals surface area contributed by atoms with Crippen LogP contribution in [0.1, 0.15) is 0 Å².